The monoisotopic (exact) mass is 229 g/mol. The molecule has 0 heterocycles. The summed E-state index contributed by atoms with van der Waals surface area (Å²) in [5, 5.41) is 8.91. The van der Waals surface area contributed by atoms with Gasteiger partial charge in [-0.1, -0.05) is 12.1 Å². The fourth-order valence-corrected chi connectivity index (χ4v) is 1.30. The van der Waals surface area contributed by atoms with Gasteiger partial charge in [-0.3, -0.25) is 0 Å². The van der Waals surface area contributed by atoms with E-state index in [4.69, 9.17) is 15.6 Å². The van der Waals surface area contributed by atoms with Gasteiger partial charge in [-0.2, -0.15) is 0 Å². The van der Waals surface area contributed by atoms with Crippen molar-refractivity contribution < 1.29 is 9.84 Å². The Hall–Kier alpha value is -0.770. The highest BCUT2D eigenvalue weighted by atomic mass is 35.5. The average Bonchev–Trinajstić information content (AvgIpc) is 3.01. The molecule has 15 heavy (non-hydrogen) atoms. The van der Waals surface area contributed by atoms with E-state index in [-0.39, 0.29) is 25.1 Å². The quantitative estimate of drug-likeness (QED) is 0.826. The first kappa shape index (κ1) is 12.3. The molecule has 3 N–H and O–H groups in total. The number of aliphatic hydroxyl groups excluding tert-OH is 1. The van der Waals surface area contributed by atoms with Crippen LogP contribution in [0.2, 0.25) is 0 Å². The molecule has 0 bridgehead atoms. The molecule has 1 saturated carbocycles. The number of ether oxygens (including phenoxy) is 1. The number of hydrogen-bond donors (Lipinski definition) is 2. The Morgan fingerprint density at radius 3 is 2.80 bits per heavy atom. The van der Waals surface area contributed by atoms with Crippen LogP contribution in [-0.4, -0.2) is 17.8 Å². The first-order valence-electron chi connectivity index (χ1n) is 4.92. The maximum absolute atomic E-state index is 8.91. The third-order valence-corrected chi connectivity index (χ3v) is 2.31. The second-order valence-electron chi connectivity index (χ2n) is 3.68. The minimum absolute atomic E-state index is 0. The molecule has 1 aromatic rings. The van der Waals surface area contributed by atoms with Gasteiger partial charge in [-0.05, 0) is 30.5 Å². The lowest BCUT2D eigenvalue weighted by atomic mass is 10.1. The Kier molecular flexibility index (Phi) is 4.39. The van der Waals surface area contributed by atoms with Crippen molar-refractivity contribution in [2.24, 2.45) is 5.73 Å². The van der Waals surface area contributed by atoms with Crippen molar-refractivity contribution in [3.8, 4) is 5.75 Å². The summed E-state index contributed by atoms with van der Waals surface area (Å²) in [5.74, 6) is 0.855. The maximum Gasteiger partial charge on any atom is 0.120 e. The first-order chi connectivity index (χ1) is 6.79. The second-order valence-corrected chi connectivity index (χ2v) is 3.68. The Labute approximate surface area is 95.7 Å². The summed E-state index contributed by atoms with van der Waals surface area (Å²) in [6.45, 7) is -0.0348. The molecule has 0 amide bonds. The van der Waals surface area contributed by atoms with E-state index in [9.17, 15) is 0 Å². The normalized spacial score (nSPS) is 16.7. The molecule has 0 aliphatic heterocycles. The zero-order chi connectivity index (χ0) is 9.97. The molecule has 0 unspecified atom stereocenters. The van der Waals surface area contributed by atoms with Crippen molar-refractivity contribution >= 4 is 12.4 Å². The van der Waals surface area contributed by atoms with Gasteiger partial charge in [0.2, 0.25) is 0 Å². The third-order valence-electron chi connectivity index (χ3n) is 2.31. The summed E-state index contributed by atoms with van der Waals surface area (Å²) < 4.78 is 5.62. The minimum Gasteiger partial charge on any atom is -0.490 e. The van der Waals surface area contributed by atoms with Gasteiger partial charge < -0.3 is 15.6 Å². The van der Waals surface area contributed by atoms with Gasteiger partial charge in [0, 0.05) is 0 Å². The van der Waals surface area contributed by atoms with Gasteiger partial charge in [0.15, 0.2) is 0 Å². The van der Waals surface area contributed by atoms with E-state index in [1.165, 1.54) is 0 Å². The summed E-state index contributed by atoms with van der Waals surface area (Å²) in [5.41, 5.74) is 6.63. The Bertz CT molecular complexity index is 315. The van der Waals surface area contributed by atoms with Crippen LogP contribution in [0.15, 0.2) is 24.3 Å². The van der Waals surface area contributed by atoms with E-state index >= 15 is 0 Å². The highest BCUT2D eigenvalue weighted by Gasteiger charge is 2.23. The number of halogens is 1. The maximum atomic E-state index is 8.91. The molecular formula is C11H16ClNO2. The number of aliphatic hydroxyl groups is 1. The first-order valence-corrected chi connectivity index (χ1v) is 4.92. The summed E-state index contributed by atoms with van der Waals surface area (Å²) in [6.07, 6.45) is 2.70. The van der Waals surface area contributed by atoms with E-state index in [2.05, 4.69) is 0 Å². The van der Waals surface area contributed by atoms with Crippen LogP contribution < -0.4 is 10.5 Å². The Balaban J connectivity index is 0.00000112. The summed E-state index contributed by atoms with van der Waals surface area (Å²) in [4.78, 5) is 0. The molecule has 1 atom stereocenters. The predicted molar refractivity (Wildman–Crippen MR) is 61.4 cm³/mol. The van der Waals surface area contributed by atoms with Crippen LogP contribution in [0.5, 0.6) is 5.75 Å². The van der Waals surface area contributed by atoms with Crippen LogP contribution in [0, 0.1) is 0 Å². The molecule has 1 aliphatic rings. The summed E-state index contributed by atoms with van der Waals surface area (Å²) >= 11 is 0. The van der Waals surface area contributed by atoms with E-state index in [1.807, 2.05) is 24.3 Å². The second kappa shape index (κ2) is 5.35. The molecule has 0 spiro atoms. The SMILES string of the molecule is Cl.N[C@H](CO)c1cccc(OC2CC2)c1. The highest BCUT2D eigenvalue weighted by molar-refractivity contribution is 5.85. The number of hydrogen-bond acceptors (Lipinski definition) is 3. The Morgan fingerprint density at radius 1 is 1.47 bits per heavy atom. The zero-order valence-corrected chi connectivity index (χ0v) is 9.24. The van der Waals surface area contributed by atoms with Gasteiger partial charge in [0.1, 0.15) is 5.75 Å². The van der Waals surface area contributed by atoms with E-state index < -0.39 is 0 Å². The number of benzene rings is 1. The average molecular weight is 230 g/mol. The molecule has 0 aromatic heterocycles. The van der Waals surface area contributed by atoms with E-state index in [1.54, 1.807) is 0 Å². The van der Waals surface area contributed by atoms with Crippen molar-refractivity contribution in [1.29, 1.82) is 0 Å². The van der Waals surface area contributed by atoms with Crippen LogP contribution in [0.3, 0.4) is 0 Å². The fraction of sp³-hybridized carbons (Fsp3) is 0.455. The lowest BCUT2D eigenvalue weighted by molar-refractivity contribution is 0.267. The molecule has 0 saturated heterocycles. The zero-order valence-electron chi connectivity index (χ0n) is 8.43. The van der Waals surface area contributed by atoms with Crippen LogP contribution in [0.25, 0.3) is 0 Å². The van der Waals surface area contributed by atoms with Crippen molar-refractivity contribution in [3.63, 3.8) is 0 Å². The number of nitrogens with two attached hydrogens (primary N) is 1. The van der Waals surface area contributed by atoms with Crippen molar-refractivity contribution in [2.45, 2.75) is 25.0 Å². The third kappa shape index (κ3) is 3.38. The van der Waals surface area contributed by atoms with Gasteiger partial charge in [0.25, 0.3) is 0 Å². The van der Waals surface area contributed by atoms with Gasteiger partial charge in [-0.25, -0.2) is 0 Å². The standard InChI is InChI=1S/C11H15NO2.ClH/c12-11(7-13)8-2-1-3-10(6-8)14-9-4-5-9;/h1-3,6,9,11,13H,4-5,7,12H2;1H/t11-;/m1./s1. The molecule has 1 fully saturated rings. The summed E-state index contributed by atoms with van der Waals surface area (Å²) in [6, 6.07) is 7.33. The molecule has 0 radical (unpaired) electrons. The molecule has 84 valence electrons. The number of rotatable bonds is 4. The smallest absolute Gasteiger partial charge is 0.120 e. The van der Waals surface area contributed by atoms with Gasteiger partial charge in [0.05, 0.1) is 18.8 Å². The molecule has 2 rings (SSSR count). The van der Waals surface area contributed by atoms with E-state index in [0.717, 1.165) is 24.2 Å². The van der Waals surface area contributed by atoms with Crippen LogP contribution in [0.4, 0.5) is 0 Å². The van der Waals surface area contributed by atoms with Crippen LogP contribution in [0.1, 0.15) is 24.4 Å². The van der Waals surface area contributed by atoms with Crippen molar-refractivity contribution in [2.75, 3.05) is 6.61 Å². The fourth-order valence-electron chi connectivity index (χ4n) is 1.30. The molecule has 4 heteroatoms. The van der Waals surface area contributed by atoms with Crippen molar-refractivity contribution in [3.05, 3.63) is 29.8 Å². The summed E-state index contributed by atoms with van der Waals surface area (Å²) in [7, 11) is 0. The molecule has 3 nitrogen and oxygen atoms in total. The van der Waals surface area contributed by atoms with Crippen molar-refractivity contribution in [1.82, 2.24) is 0 Å². The molecule has 1 aliphatic carbocycles. The molecule has 1 aromatic carbocycles. The topological polar surface area (TPSA) is 55.5 Å². The Morgan fingerprint density at radius 2 is 2.20 bits per heavy atom. The van der Waals surface area contributed by atoms with Crippen LogP contribution >= 0.6 is 12.4 Å². The predicted octanol–water partition coefficient (Wildman–Crippen LogP) is 1.64. The lowest BCUT2D eigenvalue weighted by Crippen LogP contribution is -2.14. The van der Waals surface area contributed by atoms with Crippen LogP contribution in [-0.2, 0) is 0 Å². The van der Waals surface area contributed by atoms with Gasteiger partial charge >= 0.3 is 0 Å². The largest absolute Gasteiger partial charge is 0.490 e. The highest BCUT2D eigenvalue weighted by Crippen LogP contribution is 2.27. The minimum atomic E-state index is -0.308. The van der Waals surface area contributed by atoms with Gasteiger partial charge in [-0.15, -0.1) is 12.4 Å². The lowest BCUT2D eigenvalue weighted by Gasteiger charge is -2.10. The van der Waals surface area contributed by atoms with E-state index in [0.29, 0.717) is 6.10 Å². The molecular weight excluding hydrogens is 214 g/mol.